The maximum absolute atomic E-state index is 10.8. The number of carbonyl (C=O) groups excluding carboxylic acids is 1. The van der Waals surface area contributed by atoms with E-state index < -0.39 is 0 Å². The van der Waals surface area contributed by atoms with Gasteiger partial charge in [-0.3, -0.25) is 4.79 Å². The monoisotopic (exact) mass is 240 g/mol. The fraction of sp³-hybridized carbons (Fsp3) is 0.417. The maximum atomic E-state index is 10.8. The third kappa shape index (κ3) is 3.22. The van der Waals surface area contributed by atoms with Gasteiger partial charge in [0.15, 0.2) is 0 Å². The average molecular weight is 241 g/mol. The van der Waals surface area contributed by atoms with Crippen molar-refractivity contribution in [3.05, 3.63) is 29.8 Å². The fourth-order valence-corrected chi connectivity index (χ4v) is 1.72. The predicted octanol–water partition coefficient (Wildman–Crippen LogP) is 2.48. The zero-order valence-corrected chi connectivity index (χ0v) is 10.1. The molecule has 1 aromatic carbocycles. The van der Waals surface area contributed by atoms with Crippen LogP contribution >= 0.6 is 12.4 Å². The van der Waals surface area contributed by atoms with Crippen LogP contribution in [0, 0.1) is 5.92 Å². The van der Waals surface area contributed by atoms with Crippen LogP contribution in [0.4, 0.5) is 5.69 Å². The molecule has 16 heavy (non-hydrogen) atoms. The lowest BCUT2D eigenvalue weighted by Crippen LogP contribution is -2.12. The molecule has 0 aromatic heterocycles. The molecule has 0 radical (unpaired) electrons. The molecule has 0 heterocycles. The number of amides is 1. The number of anilines is 1. The highest BCUT2D eigenvalue weighted by Crippen LogP contribution is 2.39. The smallest absolute Gasteiger partial charge is 0.221 e. The summed E-state index contributed by atoms with van der Waals surface area (Å²) in [6, 6.07) is 7.96. The fourth-order valence-electron chi connectivity index (χ4n) is 1.72. The van der Waals surface area contributed by atoms with Crippen molar-refractivity contribution < 1.29 is 4.79 Å². The van der Waals surface area contributed by atoms with E-state index in [1.165, 1.54) is 19.8 Å². The summed E-state index contributed by atoms with van der Waals surface area (Å²) in [7, 11) is 0. The van der Waals surface area contributed by atoms with Crippen LogP contribution in [0.3, 0.4) is 0 Å². The van der Waals surface area contributed by atoms with Crippen molar-refractivity contribution in [2.75, 3.05) is 5.32 Å². The molecular formula is C12H17ClN2O. The first kappa shape index (κ1) is 13.0. The zero-order valence-electron chi connectivity index (χ0n) is 9.27. The standard InChI is InChI=1S/C12H16N2O.ClH/c1-8(15)14-11-6-4-10(5-7-11)12(13)9-2-3-9;/h4-7,9,12H,2-3,13H2,1H3,(H,14,15);1H/t12-;/m0./s1. The quantitative estimate of drug-likeness (QED) is 0.853. The van der Waals surface area contributed by atoms with Gasteiger partial charge in [0, 0.05) is 18.7 Å². The molecule has 3 N–H and O–H groups in total. The van der Waals surface area contributed by atoms with E-state index in [2.05, 4.69) is 5.32 Å². The Kier molecular flexibility index (Phi) is 4.33. The van der Waals surface area contributed by atoms with Crippen molar-refractivity contribution in [1.82, 2.24) is 0 Å². The molecule has 88 valence electrons. The van der Waals surface area contributed by atoms with E-state index in [1.54, 1.807) is 0 Å². The lowest BCUT2D eigenvalue weighted by atomic mass is 10.0. The second kappa shape index (κ2) is 5.32. The predicted molar refractivity (Wildman–Crippen MR) is 67.6 cm³/mol. The molecule has 4 heteroatoms. The van der Waals surface area contributed by atoms with Gasteiger partial charge in [-0.2, -0.15) is 0 Å². The van der Waals surface area contributed by atoms with Crippen LogP contribution in [0.5, 0.6) is 0 Å². The minimum absolute atomic E-state index is 0. The largest absolute Gasteiger partial charge is 0.326 e. The van der Waals surface area contributed by atoms with Crippen LogP contribution in [0.25, 0.3) is 0 Å². The molecular weight excluding hydrogens is 224 g/mol. The Morgan fingerprint density at radius 3 is 2.38 bits per heavy atom. The molecule has 1 aromatic rings. The normalized spacial score (nSPS) is 16.1. The molecule has 0 spiro atoms. The highest BCUT2D eigenvalue weighted by Gasteiger charge is 2.29. The van der Waals surface area contributed by atoms with Crippen LogP contribution in [0.2, 0.25) is 0 Å². The molecule has 1 aliphatic carbocycles. The Hall–Kier alpha value is -1.06. The Morgan fingerprint density at radius 1 is 1.38 bits per heavy atom. The number of nitrogens with one attached hydrogen (secondary N) is 1. The number of benzene rings is 1. The molecule has 1 saturated carbocycles. The highest BCUT2D eigenvalue weighted by molar-refractivity contribution is 5.88. The van der Waals surface area contributed by atoms with Gasteiger partial charge in [-0.1, -0.05) is 12.1 Å². The summed E-state index contributed by atoms with van der Waals surface area (Å²) in [4.78, 5) is 10.8. The summed E-state index contributed by atoms with van der Waals surface area (Å²) >= 11 is 0. The van der Waals surface area contributed by atoms with Gasteiger partial charge in [0.2, 0.25) is 5.91 Å². The number of hydrogen-bond donors (Lipinski definition) is 2. The van der Waals surface area contributed by atoms with Crippen molar-refractivity contribution in [2.24, 2.45) is 11.7 Å². The first-order valence-electron chi connectivity index (χ1n) is 5.30. The maximum Gasteiger partial charge on any atom is 0.221 e. The van der Waals surface area contributed by atoms with Gasteiger partial charge >= 0.3 is 0 Å². The van der Waals surface area contributed by atoms with Crippen molar-refractivity contribution >= 4 is 24.0 Å². The minimum atomic E-state index is -0.0470. The summed E-state index contributed by atoms with van der Waals surface area (Å²) in [6.07, 6.45) is 2.49. The second-order valence-electron chi connectivity index (χ2n) is 4.17. The lowest BCUT2D eigenvalue weighted by Gasteiger charge is -2.11. The van der Waals surface area contributed by atoms with E-state index in [1.807, 2.05) is 24.3 Å². The van der Waals surface area contributed by atoms with E-state index >= 15 is 0 Å². The topological polar surface area (TPSA) is 55.1 Å². The SMILES string of the molecule is CC(=O)Nc1ccc([C@@H](N)C2CC2)cc1.Cl. The van der Waals surface area contributed by atoms with Gasteiger partial charge in [0.1, 0.15) is 0 Å². The van der Waals surface area contributed by atoms with Crippen LogP contribution < -0.4 is 11.1 Å². The third-order valence-corrected chi connectivity index (χ3v) is 2.75. The molecule has 1 fully saturated rings. The van der Waals surface area contributed by atoms with Gasteiger partial charge in [-0.15, -0.1) is 12.4 Å². The molecule has 1 amide bonds. The third-order valence-electron chi connectivity index (χ3n) is 2.75. The Labute approximate surface area is 102 Å². The Bertz CT molecular complexity index is 360. The first-order valence-corrected chi connectivity index (χ1v) is 5.30. The Morgan fingerprint density at radius 2 is 1.94 bits per heavy atom. The molecule has 0 bridgehead atoms. The molecule has 0 saturated heterocycles. The minimum Gasteiger partial charge on any atom is -0.326 e. The second-order valence-corrected chi connectivity index (χ2v) is 4.17. The molecule has 0 unspecified atom stereocenters. The summed E-state index contributed by atoms with van der Waals surface area (Å²) in [6.45, 7) is 1.50. The number of carbonyl (C=O) groups is 1. The van der Waals surface area contributed by atoms with E-state index in [9.17, 15) is 4.79 Å². The van der Waals surface area contributed by atoms with Crippen LogP contribution in [-0.4, -0.2) is 5.91 Å². The highest BCUT2D eigenvalue weighted by atomic mass is 35.5. The van der Waals surface area contributed by atoms with Gasteiger partial charge in [0.05, 0.1) is 0 Å². The van der Waals surface area contributed by atoms with Crippen molar-refractivity contribution in [2.45, 2.75) is 25.8 Å². The van der Waals surface area contributed by atoms with Gasteiger partial charge in [-0.05, 0) is 36.5 Å². The van der Waals surface area contributed by atoms with Crippen molar-refractivity contribution in [1.29, 1.82) is 0 Å². The molecule has 2 rings (SSSR count). The van der Waals surface area contributed by atoms with Crippen molar-refractivity contribution in [3.8, 4) is 0 Å². The van der Waals surface area contributed by atoms with E-state index in [-0.39, 0.29) is 24.4 Å². The van der Waals surface area contributed by atoms with Crippen LogP contribution in [-0.2, 0) is 4.79 Å². The van der Waals surface area contributed by atoms with Gasteiger partial charge < -0.3 is 11.1 Å². The van der Waals surface area contributed by atoms with Gasteiger partial charge in [-0.25, -0.2) is 0 Å². The summed E-state index contributed by atoms with van der Waals surface area (Å²) in [5.74, 6) is 0.617. The lowest BCUT2D eigenvalue weighted by molar-refractivity contribution is -0.114. The first-order chi connectivity index (χ1) is 7.16. The Balaban J connectivity index is 0.00000128. The number of halogens is 1. The van der Waals surface area contributed by atoms with Gasteiger partial charge in [0.25, 0.3) is 0 Å². The van der Waals surface area contributed by atoms with Crippen LogP contribution in [0.1, 0.15) is 31.4 Å². The molecule has 1 atom stereocenters. The summed E-state index contributed by atoms with van der Waals surface area (Å²) in [5, 5.41) is 2.74. The molecule has 3 nitrogen and oxygen atoms in total. The average Bonchev–Trinajstić information content (AvgIpc) is 3.00. The molecule has 1 aliphatic rings. The number of hydrogen-bond acceptors (Lipinski definition) is 2. The van der Waals surface area contributed by atoms with E-state index in [0.717, 1.165) is 11.3 Å². The van der Waals surface area contributed by atoms with Crippen molar-refractivity contribution in [3.63, 3.8) is 0 Å². The number of nitrogens with two attached hydrogens (primary N) is 1. The zero-order chi connectivity index (χ0) is 10.8. The molecule has 0 aliphatic heterocycles. The van der Waals surface area contributed by atoms with E-state index in [4.69, 9.17) is 5.73 Å². The number of rotatable bonds is 3. The van der Waals surface area contributed by atoms with Crippen LogP contribution in [0.15, 0.2) is 24.3 Å². The summed E-state index contributed by atoms with van der Waals surface area (Å²) < 4.78 is 0. The summed E-state index contributed by atoms with van der Waals surface area (Å²) in [5.41, 5.74) is 8.05. The van der Waals surface area contributed by atoms with E-state index in [0.29, 0.717) is 5.92 Å².